The molecule has 2 heterocycles. The van der Waals surface area contributed by atoms with Crippen molar-refractivity contribution in [3.8, 4) is 0 Å². The minimum Gasteiger partial charge on any atom is -0.372 e. The van der Waals surface area contributed by atoms with Gasteiger partial charge in [-0.25, -0.2) is 0 Å². The van der Waals surface area contributed by atoms with Crippen LogP contribution in [-0.4, -0.2) is 25.8 Å². The summed E-state index contributed by atoms with van der Waals surface area (Å²) in [6, 6.07) is 0. The SMILES string of the molecule is C1=C[C@@H]2CNC[C@H]2OC1.Cl. The lowest BCUT2D eigenvalue weighted by atomic mass is 10.0. The van der Waals surface area contributed by atoms with Crippen LogP contribution in [0.4, 0.5) is 0 Å². The van der Waals surface area contributed by atoms with Gasteiger partial charge in [-0.1, -0.05) is 12.2 Å². The van der Waals surface area contributed by atoms with Crippen molar-refractivity contribution in [2.24, 2.45) is 5.92 Å². The molecule has 0 spiro atoms. The fourth-order valence-electron chi connectivity index (χ4n) is 1.46. The third-order valence-corrected chi connectivity index (χ3v) is 1.99. The summed E-state index contributed by atoms with van der Waals surface area (Å²) in [6.07, 6.45) is 4.83. The summed E-state index contributed by atoms with van der Waals surface area (Å²) in [5.41, 5.74) is 0. The summed E-state index contributed by atoms with van der Waals surface area (Å²) in [5.74, 6) is 0.652. The average molecular weight is 162 g/mol. The third-order valence-electron chi connectivity index (χ3n) is 1.99. The van der Waals surface area contributed by atoms with Crippen LogP contribution in [0.25, 0.3) is 0 Å². The van der Waals surface area contributed by atoms with Crippen molar-refractivity contribution in [3.05, 3.63) is 12.2 Å². The number of halogens is 1. The summed E-state index contributed by atoms with van der Waals surface area (Å²) in [5, 5.41) is 3.29. The first-order chi connectivity index (χ1) is 4.47. The van der Waals surface area contributed by atoms with Crippen molar-refractivity contribution in [1.82, 2.24) is 5.32 Å². The molecule has 2 aliphatic rings. The molecule has 0 radical (unpaired) electrons. The van der Waals surface area contributed by atoms with Crippen molar-refractivity contribution in [2.45, 2.75) is 6.10 Å². The van der Waals surface area contributed by atoms with Crippen molar-refractivity contribution in [1.29, 1.82) is 0 Å². The van der Waals surface area contributed by atoms with Crippen LogP contribution in [0.2, 0.25) is 0 Å². The summed E-state index contributed by atoms with van der Waals surface area (Å²) >= 11 is 0. The Morgan fingerprint density at radius 1 is 1.40 bits per heavy atom. The first kappa shape index (κ1) is 8.05. The highest BCUT2D eigenvalue weighted by Gasteiger charge is 2.26. The minimum atomic E-state index is 0. The quantitative estimate of drug-likeness (QED) is 0.525. The van der Waals surface area contributed by atoms with Crippen molar-refractivity contribution < 1.29 is 4.74 Å². The van der Waals surface area contributed by atoms with Gasteiger partial charge in [0.1, 0.15) is 0 Å². The van der Waals surface area contributed by atoms with E-state index in [1.54, 1.807) is 0 Å². The maximum absolute atomic E-state index is 5.45. The Bertz CT molecular complexity index is 138. The van der Waals surface area contributed by atoms with Crippen LogP contribution < -0.4 is 5.32 Å². The van der Waals surface area contributed by atoms with E-state index >= 15 is 0 Å². The van der Waals surface area contributed by atoms with E-state index in [1.807, 2.05) is 0 Å². The van der Waals surface area contributed by atoms with Crippen LogP contribution >= 0.6 is 12.4 Å². The molecule has 2 atom stereocenters. The molecule has 0 aromatic carbocycles. The monoisotopic (exact) mass is 161 g/mol. The predicted octanol–water partition coefficient (Wildman–Crippen LogP) is 0.583. The molecule has 1 saturated heterocycles. The highest BCUT2D eigenvalue weighted by atomic mass is 35.5. The van der Waals surface area contributed by atoms with Crippen LogP contribution in [0.3, 0.4) is 0 Å². The van der Waals surface area contributed by atoms with Crippen LogP contribution in [0.1, 0.15) is 0 Å². The Labute approximate surface area is 67.0 Å². The molecule has 1 fully saturated rings. The molecule has 0 saturated carbocycles. The van der Waals surface area contributed by atoms with Gasteiger partial charge in [-0.05, 0) is 0 Å². The second-order valence-electron chi connectivity index (χ2n) is 2.62. The largest absolute Gasteiger partial charge is 0.372 e. The zero-order chi connectivity index (χ0) is 6.10. The molecule has 2 nitrogen and oxygen atoms in total. The van der Waals surface area contributed by atoms with Gasteiger partial charge < -0.3 is 10.1 Å². The first-order valence-corrected chi connectivity index (χ1v) is 3.46. The second kappa shape index (κ2) is 3.37. The van der Waals surface area contributed by atoms with Crippen LogP contribution in [-0.2, 0) is 4.74 Å². The van der Waals surface area contributed by atoms with Crippen LogP contribution in [0.5, 0.6) is 0 Å². The molecule has 0 unspecified atom stereocenters. The number of hydrogen-bond donors (Lipinski definition) is 1. The Balaban J connectivity index is 0.000000500. The lowest BCUT2D eigenvalue weighted by molar-refractivity contribution is 0.0598. The van der Waals surface area contributed by atoms with Gasteiger partial charge in [0.2, 0.25) is 0 Å². The predicted molar refractivity (Wildman–Crippen MR) is 42.5 cm³/mol. The van der Waals surface area contributed by atoms with Gasteiger partial charge in [0.05, 0.1) is 12.7 Å². The maximum atomic E-state index is 5.45. The summed E-state index contributed by atoms with van der Waals surface area (Å²) in [6.45, 7) is 2.94. The summed E-state index contributed by atoms with van der Waals surface area (Å²) < 4.78 is 5.45. The summed E-state index contributed by atoms with van der Waals surface area (Å²) in [7, 11) is 0. The molecule has 58 valence electrons. The van der Waals surface area contributed by atoms with E-state index < -0.39 is 0 Å². The highest BCUT2D eigenvalue weighted by molar-refractivity contribution is 5.85. The van der Waals surface area contributed by atoms with Crippen molar-refractivity contribution in [2.75, 3.05) is 19.7 Å². The molecule has 2 rings (SSSR count). The van der Waals surface area contributed by atoms with Crippen LogP contribution in [0.15, 0.2) is 12.2 Å². The second-order valence-corrected chi connectivity index (χ2v) is 2.62. The first-order valence-electron chi connectivity index (χ1n) is 3.46. The minimum absolute atomic E-state index is 0. The third kappa shape index (κ3) is 1.34. The van der Waals surface area contributed by atoms with Gasteiger partial charge in [0.15, 0.2) is 0 Å². The van der Waals surface area contributed by atoms with Gasteiger partial charge in [-0.15, -0.1) is 12.4 Å². The molecule has 10 heavy (non-hydrogen) atoms. The molecule has 2 aliphatic heterocycles. The molecular formula is C7H12ClNO. The molecule has 0 amide bonds. The van der Waals surface area contributed by atoms with Gasteiger partial charge >= 0.3 is 0 Å². The standard InChI is InChI=1S/C7H11NO.ClH/c1-2-6-4-8-5-7(6)9-3-1;/h1-2,6-8H,3-5H2;1H/t6-,7-;/m1./s1. The lowest BCUT2D eigenvalue weighted by Gasteiger charge is -2.18. The number of fused-ring (bicyclic) bond motifs is 1. The van der Waals surface area contributed by atoms with Gasteiger partial charge in [-0.3, -0.25) is 0 Å². The molecule has 1 N–H and O–H groups in total. The summed E-state index contributed by atoms with van der Waals surface area (Å²) in [4.78, 5) is 0. The van der Waals surface area contributed by atoms with E-state index in [0.717, 1.165) is 19.7 Å². The van der Waals surface area contributed by atoms with E-state index in [-0.39, 0.29) is 12.4 Å². The Morgan fingerprint density at radius 3 is 3.10 bits per heavy atom. The fraction of sp³-hybridized carbons (Fsp3) is 0.714. The Kier molecular flexibility index (Phi) is 2.72. The molecule has 0 aliphatic carbocycles. The fourth-order valence-corrected chi connectivity index (χ4v) is 1.46. The van der Waals surface area contributed by atoms with E-state index in [9.17, 15) is 0 Å². The number of rotatable bonds is 0. The normalized spacial score (nSPS) is 36.8. The smallest absolute Gasteiger partial charge is 0.0778 e. The molecule has 3 heteroatoms. The number of nitrogens with one attached hydrogen (secondary N) is 1. The number of hydrogen-bond acceptors (Lipinski definition) is 2. The van der Waals surface area contributed by atoms with E-state index in [2.05, 4.69) is 17.5 Å². The zero-order valence-electron chi connectivity index (χ0n) is 5.75. The van der Waals surface area contributed by atoms with Crippen molar-refractivity contribution in [3.63, 3.8) is 0 Å². The Morgan fingerprint density at radius 2 is 2.30 bits per heavy atom. The van der Waals surface area contributed by atoms with Gasteiger partial charge in [0.25, 0.3) is 0 Å². The maximum Gasteiger partial charge on any atom is 0.0778 e. The topological polar surface area (TPSA) is 21.3 Å². The highest BCUT2D eigenvalue weighted by Crippen LogP contribution is 2.17. The van der Waals surface area contributed by atoms with E-state index in [0.29, 0.717) is 12.0 Å². The van der Waals surface area contributed by atoms with Crippen LogP contribution in [0, 0.1) is 5.92 Å². The number of ether oxygens (including phenoxy) is 1. The zero-order valence-corrected chi connectivity index (χ0v) is 6.56. The Hall–Kier alpha value is -0.0500. The molecule has 0 bridgehead atoms. The molecular weight excluding hydrogens is 150 g/mol. The molecule has 0 aromatic heterocycles. The lowest BCUT2D eigenvalue weighted by Crippen LogP contribution is -2.24. The van der Waals surface area contributed by atoms with E-state index in [4.69, 9.17) is 4.74 Å². The van der Waals surface area contributed by atoms with Gasteiger partial charge in [0, 0.05) is 19.0 Å². The average Bonchev–Trinajstić information content (AvgIpc) is 2.33. The van der Waals surface area contributed by atoms with Gasteiger partial charge in [-0.2, -0.15) is 0 Å². The molecule has 0 aromatic rings. The van der Waals surface area contributed by atoms with E-state index in [1.165, 1.54) is 0 Å². The van der Waals surface area contributed by atoms with Crippen molar-refractivity contribution >= 4 is 12.4 Å².